The van der Waals surface area contributed by atoms with E-state index in [0.29, 0.717) is 3.58 Å². The van der Waals surface area contributed by atoms with Crippen molar-refractivity contribution < 1.29 is 4.79 Å². The molecule has 74 valence electrons. The first-order valence-corrected chi connectivity index (χ1v) is 6.63. The highest BCUT2D eigenvalue weighted by atomic mass is 127. The molecular weight excluding hydrogens is 472 g/mol. The van der Waals surface area contributed by atoms with Crippen LogP contribution in [0, 0.1) is 0 Å². The first-order valence-electron chi connectivity index (χ1n) is 3.68. The molecule has 5 heteroatoms. The zero-order valence-corrected chi connectivity index (χ0v) is 12.8. The summed E-state index contributed by atoms with van der Waals surface area (Å²) in [5, 5.41) is 2.78. The summed E-state index contributed by atoms with van der Waals surface area (Å²) in [5.74, 6) is -0.0990. The maximum atomic E-state index is 11.5. The van der Waals surface area contributed by atoms with Crippen LogP contribution in [0.15, 0.2) is 36.4 Å². The van der Waals surface area contributed by atoms with Crippen LogP contribution in [0.1, 0.15) is 0 Å². The van der Waals surface area contributed by atoms with Gasteiger partial charge >= 0.3 is 0 Å². The highest BCUT2D eigenvalue weighted by Gasteiger charge is 2.08. The Balaban J connectivity index is 2.72. The van der Waals surface area contributed by atoms with Crippen molar-refractivity contribution in [2.45, 2.75) is 0 Å². The highest BCUT2D eigenvalue weighted by Crippen LogP contribution is 2.25. The number of nitrogens with one attached hydrogen (secondary N) is 1. The third-order valence-corrected chi connectivity index (χ3v) is 5.14. The zero-order chi connectivity index (χ0) is 10.6. The number of amides is 1. The van der Waals surface area contributed by atoms with Crippen molar-refractivity contribution in [3.05, 3.63) is 36.4 Å². The van der Waals surface area contributed by atoms with E-state index in [-0.39, 0.29) is 5.91 Å². The summed E-state index contributed by atoms with van der Waals surface area (Å²) in [4.78, 5) is 11.5. The second-order valence-corrected chi connectivity index (χ2v) is 6.83. The van der Waals surface area contributed by atoms with Gasteiger partial charge in [0.2, 0.25) is 0 Å². The summed E-state index contributed by atoms with van der Waals surface area (Å²) in [5.41, 5.74) is 0.803. The number of carbonyl (C=O) groups is 1. The highest BCUT2D eigenvalue weighted by molar-refractivity contribution is 14.1. The maximum Gasteiger partial charge on any atom is 0.263 e. The van der Waals surface area contributed by atoms with Gasteiger partial charge in [-0.05, 0) is 73.2 Å². The van der Waals surface area contributed by atoms with E-state index in [1.165, 1.54) is 0 Å². The average Bonchev–Trinajstić information content (AvgIpc) is 2.18. The molecule has 0 saturated heterocycles. The number of anilines is 1. The van der Waals surface area contributed by atoms with Gasteiger partial charge in [0.05, 0.1) is 6.07 Å². The van der Waals surface area contributed by atoms with E-state index in [9.17, 15) is 4.79 Å². The summed E-state index contributed by atoms with van der Waals surface area (Å²) < 4.78 is 1.45. The number of para-hydroxylation sites is 1. The van der Waals surface area contributed by atoms with Crippen LogP contribution in [0.2, 0.25) is 0 Å². The van der Waals surface area contributed by atoms with Gasteiger partial charge in [-0.15, -0.1) is 0 Å². The molecule has 1 aromatic rings. The fraction of sp³-hybridized carbons (Fsp3) is 0. The van der Waals surface area contributed by atoms with E-state index in [2.05, 4.69) is 43.8 Å². The second kappa shape index (κ2) is 6.06. The topological polar surface area (TPSA) is 29.1 Å². The van der Waals surface area contributed by atoms with Crippen molar-refractivity contribution in [2.75, 3.05) is 5.32 Å². The lowest BCUT2D eigenvalue weighted by atomic mass is 10.3. The largest absolute Gasteiger partial charge is 0.322 e. The Morgan fingerprint density at radius 1 is 1.21 bits per heavy atom. The van der Waals surface area contributed by atoms with Crippen LogP contribution in [-0.4, -0.2) is 5.91 Å². The first kappa shape index (κ1) is 12.4. The van der Waals surface area contributed by atoms with E-state index >= 15 is 0 Å². The Kier molecular flexibility index (Phi) is 5.39. The van der Waals surface area contributed by atoms with Gasteiger partial charge in [0.25, 0.3) is 5.91 Å². The summed E-state index contributed by atoms with van der Waals surface area (Å²) in [6.07, 6.45) is 0. The molecular formula is C9H6BrI2NO. The predicted molar refractivity (Wildman–Crippen MR) is 79.1 cm³/mol. The number of hydrogen-bond donors (Lipinski definition) is 1. The molecule has 0 heterocycles. The summed E-state index contributed by atoms with van der Waals surface area (Å²) >= 11 is 7.30. The molecule has 0 fully saturated rings. The van der Waals surface area contributed by atoms with Crippen LogP contribution in [-0.2, 0) is 4.79 Å². The Hall–Kier alpha value is 0.370. The Morgan fingerprint density at radius 2 is 1.79 bits per heavy atom. The third kappa shape index (κ3) is 3.85. The van der Waals surface area contributed by atoms with Gasteiger partial charge in [-0.3, -0.25) is 4.79 Å². The van der Waals surface area contributed by atoms with Crippen LogP contribution in [0.4, 0.5) is 5.69 Å². The fourth-order valence-corrected chi connectivity index (χ4v) is 1.35. The van der Waals surface area contributed by atoms with Crippen LogP contribution >= 0.6 is 61.1 Å². The molecule has 0 aliphatic carbocycles. The van der Waals surface area contributed by atoms with E-state index in [1.807, 2.05) is 52.9 Å². The quantitative estimate of drug-likeness (QED) is 0.505. The Labute approximate surface area is 118 Å². The lowest BCUT2D eigenvalue weighted by Gasteiger charge is -2.03. The number of rotatable bonds is 2. The van der Waals surface area contributed by atoms with Crippen molar-refractivity contribution in [2.24, 2.45) is 0 Å². The smallest absolute Gasteiger partial charge is 0.263 e. The van der Waals surface area contributed by atoms with Crippen molar-refractivity contribution in [1.82, 2.24) is 0 Å². The van der Waals surface area contributed by atoms with Crippen molar-refractivity contribution in [3.63, 3.8) is 0 Å². The van der Waals surface area contributed by atoms with E-state index in [0.717, 1.165) is 8.18 Å². The van der Waals surface area contributed by atoms with Crippen LogP contribution in [0.25, 0.3) is 0 Å². The lowest BCUT2D eigenvalue weighted by molar-refractivity contribution is -0.112. The molecule has 0 spiro atoms. The molecule has 1 aromatic carbocycles. The second-order valence-electron chi connectivity index (χ2n) is 2.39. The van der Waals surface area contributed by atoms with E-state index < -0.39 is 0 Å². The molecule has 14 heavy (non-hydrogen) atoms. The molecule has 0 aliphatic heterocycles. The molecule has 2 nitrogen and oxygen atoms in total. The fourth-order valence-electron chi connectivity index (χ4n) is 0.793. The molecule has 0 aromatic heterocycles. The minimum Gasteiger partial charge on any atom is -0.322 e. The Bertz CT molecular complexity index is 360. The van der Waals surface area contributed by atoms with Gasteiger partial charge in [-0.1, -0.05) is 18.2 Å². The number of hydrogen-bond acceptors (Lipinski definition) is 1. The van der Waals surface area contributed by atoms with Crippen LogP contribution in [0.5, 0.6) is 0 Å². The molecule has 1 amide bonds. The molecule has 0 unspecified atom stereocenters. The maximum absolute atomic E-state index is 11.5. The van der Waals surface area contributed by atoms with Gasteiger partial charge in [0.1, 0.15) is 0 Å². The molecule has 0 saturated carbocycles. The summed E-state index contributed by atoms with van der Waals surface area (Å²) in [7, 11) is 0. The molecule has 0 radical (unpaired) electrons. The first-order chi connectivity index (χ1) is 6.61. The number of carbonyl (C=O) groups excluding carboxylic acids is 1. The zero-order valence-electron chi connectivity index (χ0n) is 6.93. The molecule has 0 bridgehead atoms. The van der Waals surface area contributed by atoms with Gasteiger partial charge in [-0.25, -0.2) is 0 Å². The molecule has 0 atom stereocenters. The van der Waals surface area contributed by atoms with E-state index in [4.69, 9.17) is 0 Å². The van der Waals surface area contributed by atoms with Crippen LogP contribution < -0.4 is 5.32 Å². The monoisotopic (exact) mass is 477 g/mol. The average molecular weight is 478 g/mol. The standard InChI is InChI=1S/C9H6BrI2NO/c10-8(12)7(11)9(14)13-6-4-2-1-3-5-6/h1-5H,(H,13,14)/b8-7-. The normalized spacial score (nSPS) is 11.9. The van der Waals surface area contributed by atoms with Crippen molar-refractivity contribution in [3.8, 4) is 0 Å². The van der Waals surface area contributed by atoms with Gasteiger partial charge in [0.15, 0.2) is 0 Å². The lowest BCUT2D eigenvalue weighted by Crippen LogP contribution is -2.11. The third-order valence-electron chi connectivity index (χ3n) is 1.40. The van der Waals surface area contributed by atoms with Gasteiger partial charge in [0, 0.05) is 5.69 Å². The molecule has 1 N–H and O–H groups in total. The predicted octanol–water partition coefficient (Wildman–Crippen LogP) is 4.06. The minimum atomic E-state index is -0.0990. The van der Waals surface area contributed by atoms with Crippen LogP contribution in [0.3, 0.4) is 0 Å². The number of benzene rings is 1. The van der Waals surface area contributed by atoms with E-state index in [1.54, 1.807) is 0 Å². The summed E-state index contributed by atoms with van der Waals surface area (Å²) in [6.45, 7) is 0. The molecule has 1 rings (SSSR count). The summed E-state index contributed by atoms with van der Waals surface area (Å²) in [6, 6.07) is 9.37. The minimum absolute atomic E-state index is 0.0990. The SMILES string of the molecule is O=C(Nc1ccccc1)/C(I)=C(\Br)I. The number of halogens is 3. The van der Waals surface area contributed by atoms with Gasteiger partial charge in [-0.2, -0.15) is 0 Å². The molecule has 0 aliphatic rings. The van der Waals surface area contributed by atoms with Gasteiger partial charge < -0.3 is 5.32 Å². The van der Waals surface area contributed by atoms with Crippen molar-refractivity contribution in [1.29, 1.82) is 0 Å². The van der Waals surface area contributed by atoms with Crippen molar-refractivity contribution >= 4 is 72.7 Å². The Morgan fingerprint density at radius 3 is 2.29 bits per heavy atom.